The van der Waals surface area contributed by atoms with Crippen molar-refractivity contribution in [3.63, 3.8) is 0 Å². The second-order valence-corrected chi connectivity index (χ2v) is 6.93. The molecule has 2 aromatic heterocycles. The van der Waals surface area contributed by atoms with Crippen molar-refractivity contribution in [1.82, 2.24) is 9.97 Å². The lowest BCUT2D eigenvalue weighted by molar-refractivity contribution is 0.480. The van der Waals surface area contributed by atoms with Gasteiger partial charge < -0.3 is 4.42 Å². The van der Waals surface area contributed by atoms with Crippen molar-refractivity contribution in [1.29, 1.82) is 0 Å². The Morgan fingerprint density at radius 2 is 1.95 bits per heavy atom. The van der Waals surface area contributed by atoms with Gasteiger partial charge in [0.1, 0.15) is 5.76 Å². The van der Waals surface area contributed by atoms with Crippen LogP contribution in [0.5, 0.6) is 0 Å². The zero-order valence-electron chi connectivity index (χ0n) is 11.1. The van der Waals surface area contributed by atoms with E-state index in [0.29, 0.717) is 21.5 Å². The van der Waals surface area contributed by atoms with Crippen LogP contribution in [0.15, 0.2) is 23.1 Å². The van der Waals surface area contributed by atoms with Crippen LogP contribution in [0.4, 0.5) is 0 Å². The summed E-state index contributed by atoms with van der Waals surface area (Å²) < 4.78 is 17.5. The molecular formula is C13H14Cl2N2O2S. The molecule has 0 saturated heterocycles. The molecule has 4 nitrogen and oxygen atoms in total. The van der Waals surface area contributed by atoms with Crippen LogP contribution in [-0.2, 0) is 22.3 Å². The summed E-state index contributed by atoms with van der Waals surface area (Å²) in [6.45, 7) is 4.01. The number of aromatic nitrogens is 2. The molecule has 0 radical (unpaired) electrons. The predicted octanol–water partition coefficient (Wildman–Crippen LogP) is 3.95. The first-order valence-corrected chi connectivity index (χ1v) is 8.29. The van der Waals surface area contributed by atoms with Gasteiger partial charge in [-0.1, -0.05) is 37.0 Å². The molecule has 0 fully saturated rings. The first-order valence-electron chi connectivity index (χ1n) is 6.04. The Bertz CT molecular complexity index is 629. The van der Waals surface area contributed by atoms with Crippen molar-refractivity contribution >= 4 is 34.0 Å². The van der Waals surface area contributed by atoms with Gasteiger partial charge in [-0.25, -0.2) is 4.98 Å². The van der Waals surface area contributed by atoms with Gasteiger partial charge in [0.2, 0.25) is 0 Å². The minimum absolute atomic E-state index is 0.210. The van der Waals surface area contributed by atoms with E-state index in [1.165, 1.54) is 12.6 Å². The fourth-order valence-corrected chi connectivity index (χ4v) is 3.45. The molecule has 0 aliphatic carbocycles. The van der Waals surface area contributed by atoms with Gasteiger partial charge in [0.05, 0.1) is 32.9 Å². The summed E-state index contributed by atoms with van der Waals surface area (Å²) in [4.78, 5) is 8.23. The zero-order valence-corrected chi connectivity index (χ0v) is 13.4. The van der Waals surface area contributed by atoms with Crippen LogP contribution in [0, 0.1) is 0 Å². The molecule has 0 bridgehead atoms. The normalized spacial score (nSPS) is 12.8. The molecule has 0 N–H and O–H groups in total. The Hall–Kier alpha value is -0.910. The van der Waals surface area contributed by atoms with Crippen LogP contribution >= 0.6 is 23.2 Å². The second kappa shape index (κ2) is 6.70. The first-order chi connectivity index (χ1) is 9.47. The van der Waals surface area contributed by atoms with Gasteiger partial charge in [-0.3, -0.25) is 9.19 Å². The molecule has 0 aromatic carbocycles. The highest BCUT2D eigenvalue weighted by Crippen LogP contribution is 2.22. The van der Waals surface area contributed by atoms with E-state index in [9.17, 15) is 4.21 Å². The third-order valence-electron chi connectivity index (χ3n) is 2.68. The van der Waals surface area contributed by atoms with Crippen molar-refractivity contribution in [2.24, 2.45) is 0 Å². The van der Waals surface area contributed by atoms with Crippen LogP contribution < -0.4 is 0 Å². The number of hydrogen-bond acceptors (Lipinski definition) is 4. The Labute approximate surface area is 130 Å². The maximum absolute atomic E-state index is 12.2. The van der Waals surface area contributed by atoms with Gasteiger partial charge in [0, 0.05) is 22.9 Å². The second-order valence-electron chi connectivity index (χ2n) is 4.63. The van der Waals surface area contributed by atoms with Gasteiger partial charge >= 0.3 is 0 Å². The van der Waals surface area contributed by atoms with Crippen molar-refractivity contribution in [3.05, 3.63) is 45.9 Å². The fraction of sp³-hybridized carbons (Fsp3) is 0.385. The summed E-state index contributed by atoms with van der Waals surface area (Å²) in [6, 6.07) is 1.60. The van der Waals surface area contributed by atoms with E-state index >= 15 is 0 Å². The minimum Gasteiger partial charge on any atom is -0.448 e. The van der Waals surface area contributed by atoms with Crippen molar-refractivity contribution in [3.8, 4) is 0 Å². The first kappa shape index (κ1) is 15.5. The van der Waals surface area contributed by atoms with Gasteiger partial charge in [-0.2, -0.15) is 0 Å². The summed E-state index contributed by atoms with van der Waals surface area (Å²) in [5.41, 5.74) is 1.30. The molecule has 20 heavy (non-hydrogen) atoms. The van der Waals surface area contributed by atoms with E-state index in [1.54, 1.807) is 6.07 Å². The highest BCUT2D eigenvalue weighted by atomic mass is 35.5. The molecule has 7 heteroatoms. The summed E-state index contributed by atoms with van der Waals surface area (Å²) in [7, 11) is -1.16. The van der Waals surface area contributed by atoms with Crippen LogP contribution in [0.25, 0.3) is 0 Å². The summed E-state index contributed by atoms with van der Waals surface area (Å²) in [5, 5.41) is 0.887. The van der Waals surface area contributed by atoms with Crippen LogP contribution in [-0.4, -0.2) is 14.2 Å². The standard InChI is InChI=1S/C13H14Cl2N2O2S/c1-8(2)13-12(17-7-19-13)6-20(18)5-11-10(15)3-9(14)4-16-11/h3-4,7-8H,5-6H2,1-2H3/t20-/m1/s1. The summed E-state index contributed by atoms with van der Waals surface area (Å²) in [5.74, 6) is 1.57. The maximum atomic E-state index is 12.2. The van der Waals surface area contributed by atoms with E-state index in [0.717, 1.165) is 11.5 Å². The third-order valence-corrected chi connectivity index (χ3v) is 4.40. The Kier molecular flexibility index (Phi) is 5.18. The minimum atomic E-state index is -1.16. The van der Waals surface area contributed by atoms with E-state index in [-0.39, 0.29) is 11.7 Å². The topological polar surface area (TPSA) is 56.0 Å². The third kappa shape index (κ3) is 3.81. The van der Waals surface area contributed by atoms with Crippen LogP contribution in [0.1, 0.15) is 36.9 Å². The number of oxazole rings is 1. The van der Waals surface area contributed by atoms with Gasteiger partial charge in [0.25, 0.3) is 0 Å². The number of hydrogen-bond donors (Lipinski definition) is 0. The molecule has 0 spiro atoms. The summed E-state index contributed by atoms with van der Waals surface area (Å²) in [6.07, 6.45) is 2.88. The highest BCUT2D eigenvalue weighted by molar-refractivity contribution is 7.83. The zero-order chi connectivity index (χ0) is 14.7. The number of nitrogens with zero attached hydrogens (tertiary/aromatic N) is 2. The average Bonchev–Trinajstić information content (AvgIpc) is 2.81. The Morgan fingerprint density at radius 1 is 1.25 bits per heavy atom. The summed E-state index contributed by atoms with van der Waals surface area (Å²) >= 11 is 11.8. The molecule has 0 unspecified atom stereocenters. The molecule has 108 valence electrons. The molecule has 0 aliphatic heterocycles. The fourth-order valence-electron chi connectivity index (χ4n) is 1.76. The lowest BCUT2D eigenvalue weighted by Crippen LogP contribution is -2.04. The van der Waals surface area contributed by atoms with Crippen molar-refractivity contribution < 1.29 is 8.63 Å². The predicted molar refractivity (Wildman–Crippen MR) is 80.4 cm³/mol. The van der Waals surface area contributed by atoms with E-state index in [2.05, 4.69) is 9.97 Å². The molecule has 1 atom stereocenters. The molecule has 0 aliphatic rings. The van der Waals surface area contributed by atoms with E-state index in [1.807, 2.05) is 13.8 Å². The quantitative estimate of drug-likeness (QED) is 0.831. The van der Waals surface area contributed by atoms with Crippen molar-refractivity contribution in [2.45, 2.75) is 31.3 Å². The molecule has 0 amide bonds. The highest BCUT2D eigenvalue weighted by Gasteiger charge is 2.16. The smallest absolute Gasteiger partial charge is 0.181 e. The Balaban J connectivity index is 2.07. The lowest BCUT2D eigenvalue weighted by Gasteiger charge is -2.05. The molecule has 0 saturated carbocycles. The molecule has 2 aromatic rings. The molecule has 2 rings (SSSR count). The monoisotopic (exact) mass is 332 g/mol. The number of rotatable bonds is 5. The molecule has 2 heterocycles. The van der Waals surface area contributed by atoms with E-state index in [4.69, 9.17) is 27.6 Å². The van der Waals surface area contributed by atoms with Crippen LogP contribution in [0.3, 0.4) is 0 Å². The average molecular weight is 333 g/mol. The lowest BCUT2D eigenvalue weighted by atomic mass is 10.1. The van der Waals surface area contributed by atoms with Crippen molar-refractivity contribution in [2.75, 3.05) is 0 Å². The Morgan fingerprint density at radius 3 is 2.60 bits per heavy atom. The van der Waals surface area contributed by atoms with Gasteiger partial charge in [0.15, 0.2) is 6.39 Å². The van der Waals surface area contributed by atoms with Crippen LogP contribution in [0.2, 0.25) is 10.0 Å². The number of pyridine rings is 1. The largest absolute Gasteiger partial charge is 0.448 e. The molecular weight excluding hydrogens is 319 g/mol. The SMILES string of the molecule is CC(C)c1ocnc1C[S@](=O)Cc1ncc(Cl)cc1Cl. The van der Waals surface area contributed by atoms with E-state index < -0.39 is 10.8 Å². The van der Waals surface area contributed by atoms with Gasteiger partial charge in [-0.05, 0) is 6.07 Å². The maximum Gasteiger partial charge on any atom is 0.181 e. The number of halogens is 2. The van der Waals surface area contributed by atoms with Gasteiger partial charge in [-0.15, -0.1) is 0 Å².